The second-order valence-electron chi connectivity index (χ2n) is 4.85. The third kappa shape index (κ3) is 3.64. The van der Waals surface area contributed by atoms with Crippen LogP contribution in [0.5, 0.6) is 0 Å². The molecule has 1 atom stereocenters. The minimum Gasteiger partial charge on any atom is -0.338 e. The Labute approximate surface area is 125 Å². The first-order chi connectivity index (χ1) is 9.76. The molecule has 2 rings (SSSR count). The highest BCUT2D eigenvalue weighted by atomic mass is 32.2. The second kappa shape index (κ2) is 7.50. The summed E-state index contributed by atoms with van der Waals surface area (Å²) in [5.41, 5.74) is 1.40. The van der Waals surface area contributed by atoms with Crippen molar-refractivity contribution in [1.82, 2.24) is 14.9 Å². The van der Waals surface area contributed by atoms with Crippen molar-refractivity contribution in [3.63, 3.8) is 0 Å². The van der Waals surface area contributed by atoms with Gasteiger partial charge in [-0.15, -0.1) is 11.8 Å². The summed E-state index contributed by atoms with van der Waals surface area (Å²) in [6.07, 6.45) is 8.07. The van der Waals surface area contributed by atoms with Crippen molar-refractivity contribution >= 4 is 11.8 Å². The lowest BCUT2D eigenvalue weighted by molar-refractivity contribution is 0.499. The summed E-state index contributed by atoms with van der Waals surface area (Å²) in [7, 11) is 2.06. The van der Waals surface area contributed by atoms with Crippen molar-refractivity contribution in [3.8, 4) is 0 Å². The van der Waals surface area contributed by atoms with Crippen LogP contribution in [0.1, 0.15) is 30.8 Å². The van der Waals surface area contributed by atoms with Crippen molar-refractivity contribution < 1.29 is 0 Å². The molecule has 0 aliphatic heterocycles. The fraction of sp³-hybridized carbons (Fsp3) is 0.438. The molecule has 0 fully saturated rings. The summed E-state index contributed by atoms with van der Waals surface area (Å²) in [5.74, 6) is 1.15. The molecule has 1 aromatic carbocycles. The molecule has 0 radical (unpaired) electrons. The van der Waals surface area contributed by atoms with Gasteiger partial charge in [0.2, 0.25) is 0 Å². The van der Waals surface area contributed by atoms with E-state index in [1.165, 1.54) is 10.5 Å². The SMILES string of the molecule is CCNC(CCc1nccn1C)c1ccccc1SC. The molecule has 0 aliphatic carbocycles. The van der Waals surface area contributed by atoms with Crippen LogP contribution in [0.4, 0.5) is 0 Å². The third-order valence-corrected chi connectivity index (χ3v) is 4.35. The maximum absolute atomic E-state index is 4.41. The van der Waals surface area contributed by atoms with Gasteiger partial charge in [-0.05, 0) is 30.9 Å². The topological polar surface area (TPSA) is 29.9 Å². The molecular formula is C16H23N3S. The smallest absolute Gasteiger partial charge is 0.108 e. The fourth-order valence-corrected chi connectivity index (χ4v) is 3.14. The number of aryl methyl sites for hydroxylation is 2. The first kappa shape index (κ1) is 15.1. The number of hydrogen-bond acceptors (Lipinski definition) is 3. The standard InChI is InChI=1S/C16H23N3S/c1-4-17-14(9-10-16-18-11-12-19(16)2)13-7-5-6-8-15(13)20-3/h5-8,11-12,14,17H,4,9-10H2,1-3H3. The van der Waals surface area contributed by atoms with Crippen molar-refractivity contribution in [2.75, 3.05) is 12.8 Å². The molecule has 0 bridgehead atoms. The van der Waals surface area contributed by atoms with Crippen LogP contribution in [0.2, 0.25) is 0 Å². The molecule has 4 heteroatoms. The van der Waals surface area contributed by atoms with E-state index in [-0.39, 0.29) is 0 Å². The number of hydrogen-bond donors (Lipinski definition) is 1. The Morgan fingerprint density at radius 3 is 2.80 bits per heavy atom. The van der Waals surface area contributed by atoms with E-state index in [4.69, 9.17) is 0 Å². The van der Waals surface area contributed by atoms with E-state index < -0.39 is 0 Å². The number of benzene rings is 1. The van der Waals surface area contributed by atoms with Gasteiger partial charge in [0.25, 0.3) is 0 Å². The normalized spacial score (nSPS) is 12.6. The molecule has 1 heterocycles. The number of aromatic nitrogens is 2. The van der Waals surface area contributed by atoms with Gasteiger partial charge in [0.05, 0.1) is 0 Å². The minimum absolute atomic E-state index is 0.389. The number of nitrogens with one attached hydrogen (secondary N) is 1. The van der Waals surface area contributed by atoms with Crippen LogP contribution >= 0.6 is 11.8 Å². The van der Waals surface area contributed by atoms with Crippen molar-refractivity contribution in [3.05, 3.63) is 48.0 Å². The lowest BCUT2D eigenvalue weighted by atomic mass is 10.0. The third-order valence-electron chi connectivity index (χ3n) is 3.54. The first-order valence-electron chi connectivity index (χ1n) is 7.08. The van der Waals surface area contributed by atoms with Crippen LogP contribution in [0.3, 0.4) is 0 Å². The molecule has 108 valence electrons. The van der Waals surface area contributed by atoms with Crippen molar-refractivity contribution in [2.45, 2.75) is 30.7 Å². The van der Waals surface area contributed by atoms with Gasteiger partial charge in [-0.25, -0.2) is 4.98 Å². The fourth-order valence-electron chi connectivity index (χ4n) is 2.48. The molecule has 0 spiro atoms. The van der Waals surface area contributed by atoms with Gasteiger partial charge in [0, 0.05) is 36.8 Å². The van der Waals surface area contributed by atoms with Gasteiger partial charge in [0.15, 0.2) is 0 Å². The minimum atomic E-state index is 0.389. The zero-order valence-corrected chi connectivity index (χ0v) is 13.3. The second-order valence-corrected chi connectivity index (χ2v) is 5.69. The molecule has 0 amide bonds. The Hall–Kier alpha value is -1.26. The molecule has 0 saturated carbocycles. The molecule has 0 saturated heterocycles. The van der Waals surface area contributed by atoms with Gasteiger partial charge in [0.1, 0.15) is 5.82 Å². The zero-order valence-electron chi connectivity index (χ0n) is 12.5. The summed E-state index contributed by atoms with van der Waals surface area (Å²) in [6.45, 7) is 3.14. The summed E-state index contributed by atoms with van der Waals surface area (Å²) >= 11 is 1.82. The molecule has 1 aromatic heterocycles. The maximum Gasteiger partial charge on any atom is 0.108 e. The van der Waals surface area contributed by atoms with E-state index in [1.54, 1.807) is 0 Å². The molecule has 2 aromatic rings. The Bertz CT molecular complexity index is 536. The predicted molar refractivity (Wildman–Crippen MR) is 86.2 cm³/mol. The van der Waals surface area contributed by atoms with Crippen LogP contribution in [0.25, 0.3) is 0 Å². The average Bonchev–Trinajstić information content (AvgIpc) is 2.89. The highest BCUT2D eigenvalue weighted by Crippen LogP contribution is 2.28. The van der Waals surface area contributed by atoms with Gasteiger partial charge in [-0.2, -0.15) is 0 Å². The van der Waals surface area contributed by atoms with Crippen molar-refractivity contribution in [2.24, 2.45) is 7.05 Å². The molecule has 1 N–H and O–H groups in total. The first-order valence-corrected chi connectivity index (χ1v) is 8.31. The van der Waals surface area contributed by atoms with Crippen molar-refractivity contribution in [1.29, 1.82) is 0 Å². The maximum atomic E-state index is 4.41. The van der Waals surface area contributed by atoms with Gasteiger partial charge in [-0.1, -0.05) is 25.1 Å². The van der Waals surface area contributed by atoms with E-state index in [2.05, 4.69) is 59.4 Å². The van der Waals surface area contributed by atoms with Gasteiger partial charge >= 0.3 is 0 Å². The Kier molecular flexibility index (Phi) is 5.68. The summed E-state index contributed by atoms with van der Waals surface area (Å²) in [5, 5.41) is 3.61. The van der Waals surface area contributed by atoms with E-state index in [0.29, 0.717) is 6.04 Å². The Balaban J connectivity index is 2.12. The summed E-state index contributed by atoms with van der Waals surface area (Å²) < 4.78 is 2.10. The number of nitrogens with zero attached hydrogens (tertiary/aromatic N) is 2. The van der Waals surface area contributed by atoms with Gasteiger partial charge in [-0.3, -0.25) is 0 Å². The highest BCUT2D eigenvalue weighted by molar-refractivity contribution is 7.98. The van der Waals surface area contributed by atoms with Crippen LogP contribution in [-0.4, -0.2) is 22.4 Å². The largest absolute Gasteiger partial charge is 0.338 e. The monoisotopic (exact) mass is 289 g/mol. The molecule has 20 heavy (non-hydrogen) atoms. The lowest BCUT2D eigenvalue weighted by Gasteiger charge is -2.20. The van der Waals surface area contributed by atoms with E-state index in [9.17, 15) is 0 Å². The number of thioether (sulfide) groups is 1. The highest BCUT2D eigenvalue weighted by Gasteiger charge is 2.14. The van der Waals surface area contributed by atoms with E-state index in [0.717, 1.165) is 25.2 Å². The van der Waals surface area contributed by atoms with Crippen LogP contribution in [0.15, 0.2) is 41.6 Å². The van der Waals surface area contributed by atoms with E-state index >= 15 is 0 Å². The van der Waals surface area contributed by atoms with Crippen LogP contribution in [0, 0.1) is 0 Å². The molecule has 1 unspecified atom stereocenters. The number of imidazole rings is 1. The Morgan fingerprint density at radius 1 is 1.35 bits per heavy atom. The quantitative estimate of drug-likeness (QED) is 0.792. The molecule has 3 nitrogen and oxygen atoms in total. The average molecular weight is 289 g/mol. The van der Waals surface area contributed by atoms with Crippen LogP contribution in [-0.2, 0) is 13.5 Å². The predicted octanol–water partition coefficient (Wildman–Crippen LogP) is 3.43. The summed E-state index contributed by atoms with van der Waals surface area (Å²) in [6, 6.07) is 9.06. The van der Waals surface area contributed by atoms with Crippen LogP contribution < -0.4 is 5.32 Å². The Morgan fingerprint density at radius 2 is 2.15 bits per heavy atom. The number of rotatable bonds is 7. The van der Waals surface area contributed by atoms with Gasteiger partial charge < -0.3 is 9.88 Å². The zero-order chi connectivity index (χ0) is 14.4. The van der Waals surface area contributed by atoms with E-state index in [1.807, 2.05) is 24.2 Å². The summed E-state index contributed by atoms with van der Waals surface area (Å²) in [4.78, 5) is 5.77. The molecular weight excluding hydrogens is 266 g/mol. The molecule has 0 aliphatic rings. The lowest BCUT2D eigenvalue weighted by Crippen LogP contribution is -2.22.